The topological polar surface area (TPSA) is 41.1 Å². The summed E-state index contributed by atoms with van der Waals surface area (Å²) in [5.41, 5.74) is 0.845. The smallest absolute Gasteiger partial charge is 0.224 e. The van der Waals surface area contributed by atoms with Crippen LogP contribution in [0.25, 0.3) is 0 Å². The molecule has 2 unspecified atom stereocenters. The molecule has 1 aromatic carbocycles. The van der Waals surface area contributed by atoms with Gasteiger partial charge < -0.3 is 10.6 Å². The van der Waals surface area contributed by atoms with Crippen LogP contribution in [0, 0.1) is 17.7 Å². The number of hydrogen-bond donors (Lipinski definition) is 2. The predicted octanol–water partition coefficient (Wildman–Crippen LogP) is 1.73. The van der Waals surface area contributed by atoms with Crippen molar-refractivity contribution in [1.82, 2.24) is 10.6 Å². The maximum atomic E-state index is 12.8. The Morgan fingerprint density at radius 2 is 2.16 bits per heavy atom. The van der Waals surface area contributed by atoms with Crippen LogP contribution in [0.2, 0.25) is 0 Å². The first-order valence-electron chi connectivity index (χ1n) is 6.87. The van der Waals surface area contributed by atoms with E-state index in [1.54, 1.807) is 12.1 Å². The van der Waals surface area contributed by atoms with Crippen molar-refractivity contribution in [2.75, 3.05) is 19.6 Å². The Balaban J connectivity index is 1.76. The lowest BCUT2D eigenvalue weighted by atomic mass is 9.88. The highest BCUT2D eigenvalue weighted by Gasteiger charge is 2.21. The zero-order valence-electron chi connectivity index (χ0n) is 11.3. The Kier molecular flexibility index (Phi) is 4.91. The Morgan fingerprint density at radius 1 is 1.42 bits per heavy atom. The minimum absolute atomic E-state index is 0.0114. The summed E-state index contributed by atoms with van der Waals surface area (Å²) in [4.78, 5) is 11.8. The molecular weight excluding hydrogens is 243 g/mol. The van der Waals surface area contributed by atoms with E-state index in [2.05, 4.69) is 17.6 Å². The minimum Gasteiger partial charge on any atom is -0.356 e. The van der Waals surface area contributed by atoms with Crippen LogP contribution < -0.4 is 10.6 Å². The van der Waals surface area contributed by atoms with Gasteiger partial charge in [-0.3, -0.25) is 4.79 Å². The molecule has 4 heteroatoms. The van der Waals surface area contributed by atoms with E-state index in [4.69, 9.17) is 0 Å². The molecule has 1 aliphatic rings. The van der Waals surface area contributed by atoms with Crippen LogP contribution in [0.15, 0.2) is 24.3 Å². The SMILES string of the molecule is CC1CNCCC1CNC(=O)Cc1ccc(F)cc1. The fourth-order valence-electron chi connectivity index (χ4n) is 2.47. The lowest BCUT2D eigenvalue weighted by Crippen LogP contribution is -2.41. The molecule has 19 heavy (non-hydrogen) atoms. The summed E-state index contributed by atoms with van der Waals surface area (Å²) in [7, 11) is 0. The van der Waals surface area contributed by atoms with Crippen LogP contribution >= 0.6 is 0 Å². The first kappa shape index (κ1) is 14.0. The number of rotatable bonds is 4. The Hall–Kier alpha value is -1.42. The van der Waals surface area contributed by atoms with Crippen molar-refractivity contribution in [2.45, 2.75) is 19.8 Å². The van der Waals surface area contributed by atoms with Crippen LogP contribution in [0.1, 0.15) is 18.9 Å². The molecule has 2 N–H and O–H groups in total. The van der Waals surface area contributed by atoms with Gasteiger partial charge in [-0.2, -0.15) is 0 Å². The number of halogens is 1. The fourth-order valence-corrected chi connectivity index (χ4v) is 2.47. The van der Waals surface area contributed by atoms with E-state index in [1.165, 1.54) is 12.1 Å². The third kappa shape index (κ3) is 4.31. The van der Waals surface area contributed by atoms with Gasteiger partial charge >= 0.3 is 0 Å². The quantitative estimate of drug-likeness (QED) is 0.869. The molecule has 1 saturated heterocycles. The largest absolute Gasteiger partial charge is 0.356 e. The zero-order valence-corrected chi connectivity index (χ0v) is 11.3. The minimum atomic E-state index is -0.271. The predicted molar refractivity (Wildman–Crippen MR) is 73.3 cm³/mol. The van der Waals surface area contributed by atoms with Gasteiger partial charge in [0.2, 0.25) is 5.91 Å². The number of carbonyl (C=O) groups excluding carboxylic acids is 1. The van der Waals surface area contributed by atoms with Gasteiger partial charge in [0.05, 0.1) is 6.42 Å². The summed E-state index contributed by atoms with van der Waals surface area (Å²) in [6.45, 7) is 5.01. The Bertz CT molecular complexity index is 419. The molecule has 3 nitrogen and oxygen atoms in total. The second kappa shape index (κ2) is 6.66. The van der Waals surface area contributed by atoms with Crippen LogP contribution in [0.5, 0.6) is 0 Å². The van der Waals surface area contributed by atoms with E-state index in [0.29, 0.717) is 18.3 Å². The third-order valence-corrected chi connectivity index (χ3v) is 3.80. The number of nitrogens with one attached hydrogen (secondary N) is 2. The molecule has 0 saturated carbocycles. The Labute approximate surface area is 113 Å². The maximum Gasteiger partial charge on any atom is 0.224 e. The molecular formula is C15H21FN2O. The molecule has 1 fully saturated rings. The molecule has 0 bridgehead atoms. The third-order valence-electron chi connectivity index (χ3n) is 3.80. The lowest BCUT2D eigenvalue weighted by molar-refractivity contribution is -0.120. The molecule has 0 radical (unpaired) electrons. The molecule has 1 heterocycles. The molecule has 0 spiro atoms. The van der Waals surface area contributed by atoms with E-state index in [9.17, 15) is 9.18 Å². The second-order valence-electron chi connectivity index (χ2n) is 5.34. The van der Waals surface area contributed by atoms with Gasteiger partial charge in [0, 0.05) is 6.54 Å². The van der Waals surface area contributed by atoms with Gasteiger partial charge in [0.25, 0.3) is 0 Å². The monoisotopic (exact) mass is 264 g/mol. The van der Waals surface area contributed by atoms with E-state index < -0.39 is 0 Å². The summed E-state index contributed by atoms with van der Waals surface area (Å²) in [6.07, 6.45) is 1.43. The lowest BCUT2D eigenvalue weighted by Gasteiger charge is -2.29. The van der Waals surface area contributed by atoms with E-state index in [0.717, 1.165) is 31.6 Å². The molecule has 1 amide bonds. The number of piperidine rings is 1. The normalized spacial score (nSPS) is 23.1. The summed E-state index contributed by atoms with van der Waals surface area (Å²) >= 11 is 0. The average molecular weight is 264 g/mol. The summed E-state index contributed by atoms with van der Waals surface area (Å²) in [6, 6.07) is 6.08. The summed E-state index contributed by atoms with van der Waals surface area (Å²) in [5, 5.41) is 6.33. The number of hydrogen-bond acceptors (Lipinski definition) is 2. The molecule has 0 aromatic heterocycles. The van der Waals surface area contributed by atoms with Crippen molar-refractivity contribution >= 4 is 5.91 Å². The van der Waals surface area contributed by atoms with Crippen LogP contribution in [-0.2, 0) is 11.2 Å². The van der Waals surface area contributed by atoms with Crippen LogP contribution in [-0.4, -0.2) is 25.5 Å². The zero-order chi connectivity index (χ0) is 13.7. The molecule has 0 aliphatic carbocycles. The molecule has 104 valence electrons. The molecule has 2 rings (SSSR count). The van der Waals surface area contributed by atoms with E-state index in [-0.39, 0.29) is 11.7 Å². The van der Waals surface area contributed by atoms with Gasteiger partial charge in [-0.15, -0.1) is 0 Å². The number of benzene rings is 1. The van der Waals surface area contributed by atoms with Gasteiger partial charge in [-0.1, -0.05) is 19.1 Å². The average Bonchev–Trinajstić information content (AvgIpc) is 2.40. The standard InChI is InChI=1S/C15H21FN2O/c1-11-9-17-7-6-13(11)10-18-15(19)8-12-2-4-14(16)5-3-12/h2-5,11,13,17H,6-10H2,1H3,(H,18,19). The Morgan fingerprint density at radius 3 is 2.84 bits per heavy atom. The van der Waals surface area contributed by atoms with Gasteiger partial charge in [-0.25, -0.2) is 4.39 Å². The molecule has 1 aromatic rings. The summed E-state index contributed by atoms with van der Waals surface area (Å²) in [5.74, 6) is 0.892. The van der Waals surface area contributed by atoms with Gasteiger partial charge in [0.1, 0.15) is 5.82 Å². The van der Waals surface area contributed by atoms with E-state index in [1.807, 2.05) is 0 Å². The van der Waals surface area contributed by atoms with E-state index >= 15 is 0 Å². The first-order valence-corrected chi connectivity index (χ1v) is 6.87. The maximum absolute atomic E-state index is 12.8. The van der Waals surface area contributed by atoms with Crippen LogP contribution in [0.3, 0.4) is 0 Å². The number of amides is 1. The van der Waals surface area contributed by atoms with Gasteiger partial charge in [0.15, 0.2) is 0 Å². The van der Waals surface area contributed by atoms with Gasteiger partial charge in [-0.05, 0) is 49.0 Å². The van der Waals surface area contributed by atoms with Crippen molar-refractivity contribution in [1.29, 1.82) is 0 Å². The highest BCUT2D eigenvalue weighted by Crippen LogP contribution is 2.17. The molecule has 2 atom stereocenters. The van der Waals surface area contributed by atoms with Crippen molar-refractivity contribution in [3.05, 3.63) is 35.6 Å². The van der Waals surface area contributed by atoms with Crippen molar-refractivity contribution in [3.8, 4) is 0 Å². The second-order valence-corrected chi connectivity index (χ2v) is 5.34. The highest BCUT2D eigenvalue weighted by atomic mass is 19.1. The number of carbonyl (C=O) groups is 1. The fraction of sp³-hybridized carbons (Fsp3) is 0.533. The van der Waals surface area contributed by atoms with Crippen LogP contribution in [0.4, 0.5) is 4.39 Å². The molecule has 1 aliphatic heterocycles. The van der Waals surface area contributed by atoms with Crippen molar-refractivity contribution < 1.29 is 9.18 Å². The highest BCUT2D eigenvalue weighted by molar-refractivity contribution is 5.78. The van der Waals surface area contributed by atoms with Crippen molar-refractivity contribution in [2.24, 2.45) is 11.8 Å². The summed E-state index contributed by atoms with van der Waals surface area (Å²) < 4.78 is 12.8. The van der Waals surface area contributed by atoms with Crippen molar-refractivity contribution in [3.63, 3.8) is 0 Å². The first-order chi connectivity index (χ1) is 9.15.